The fourth-order valence-electron chi connectivity index (χ4n) is 3.45. The van der Waals surface area contributed by atoms with Crippen LogP contribution in [-0.4, -0.2) is 36.5 Å². The van der Waals surface area contributed by atoms with Gasteiger partial charge in [-0.15, -0.1) is 0 Å². The fourth-order valence-corrected chi connectivity index (χ4v) is 3.90. The van der Waals surface area contributed by atoms with E-state index < -0.39 is 0 Å². The maximum atomic E-state index is 12.9. The molecule has 3 unspecified atom stereocenters. The van der Waals surface area contributed by atoms with Gasteiger partial charge in [-0.3, -0.25) is 4.79 Å². The zero-order valence-electron chi connectivity index (χ0n) is 12.8. The van der Waals surface area contributed by atoms with E-state index in [0.717, 1.165) is 44.5 Å². The van der Waals surface area contributed by atoms with E-state index in [1.807, 2.05) is 12.1 Å². The van der Waals surface area contributed by atoms with Crippen molar-refractivity contribution in [2.24, 2.45) is 5.92 Å². The molecule has 1 aromatic rings. The Morgan fingerprint density at radius 1 is 1.41 bits per heavy atom. The molecule has 0 bridgehead atoms. The summed E-state index contributed by atoms with van der Waals surface area (Å²) in [4.78, 5) is 15.0. The molecule has 2 aliphatic rings. The van der Waals surface area contributed by atoms with Crippen LogP contribution in [0.5, 0.6) is 0 Å². The van der Waals surface area contributed by atoms with E-state index >= 15 is 0 Å². The Morgan fingerprint density at radius 2 is 2.23 bits per heavy atom. The standard InChI is InChI=1S/C17H22Cl2N2O/c1-2-8-21(11-6-7-20-10-11)17(22)14-9-13(14)12-4-3-5-15(18)16(12)19/h3-5,11,13-14,20H,2,6-10H2,1H3. The molecule has 3 rings (SSSR count). The van der Waals surface area contributed by atoms with Crippen LogP contribution >= 0.6 is 23.2 Å². The van der Waals surface area contributed by atoms with Crippen molar-refractivity contribution in [2.45, 2.75) is 38.1 Å². The third-order valence-corrected chi connectivity index (χ3v) is 5.54. The van der Waals surface area contributed by atoms with Gasteiger partial charge in [-0.2, -0.15) is 0 Å². The first kappa shape index (κ1) is 16.1. The number of carbonyl (C=O) groups is 1. The number of benzene rings is 1. The fraction of sp³-hybridized carbons (Fsp3) is 0.588. The van der Waals surface area contributed by atoms with Crippen molar-refractivity contribution >= 4 is 29.1 Å². The quantitative estimate of drug-likeness (QED) is 0.886. The predicted octanol–water partition coefficient (Wildman–Crippen LogP) is 3.70. The summed E-state index contributed by atoms with van der Waals surface area (Å²) >= 11 is 12.4. The monoisotopic (exact) mass is 340 g/mol. The molecule has 1 aromatic carbocycles. The topological polar surface area (TPSA) is 32.3 Å². The van der Waals surface area contributed by atoms with Gasteiger partial charge in [0, 0.05) is 25.0 Å². The summed E-state index contributed by atoms with van der Waals surface area (Å²) in [6, 6.07) is 6.05. The second-order valence-corrected chi connectivity index (χ2v) is 7.06. The molecule has 3 nitrogen and oxygen atoms in total. The van der Waals surface area contributed by atoms with Crippen molar-refractivity contribution < 1.29 is 4.79 Å². The van der Waals surface area contributed by atoms with E-state index in [0.29, 0.717) is 16.1 Å². The van der Waals surface area contributed by atoms with E-state index in [-0.39, 0.29) is 17.7 Å². The van der Waals surface area contributed by atoms with E-state index in [1.54, 1.807) is 6.07 Å². The molecule has 2 fully saturated rings. The summed E-state index contributed by atoms with van der Waals surface area (Å²) in [6.45, 7) is 4.89. The van der Waals surface area contributed by atoms with Crippen LogP contribution in [0.25, 0.3) is 0 Å². The number of hydrogen-bond donors (Lipinski definition) is 1. The van der Waals surface area contributed by atoms with Crippen molar-refractivity contribution in [3.8, 4) is 0 Å². The first-order valence-electron chi connectivity index (χ1n) is 8.08. The van der Waals surface area contributed by atoms with Gasteiger partial charge in [-0.05, 0) is 43.4 Å². The lowest BCUT2D eigenvalue weighted by Crippen LogP contribution is -2.43. The molecule has 1 aliphatic heterocycles. The van der Waals surface area contributed by atoms with Gasteiger partial charge in [0.25, 0.3) is 0 Å². The predicted molar refractivity (Wildman–Crippen MR) is 90.6 cm³/mol. The first-order chi connectivity index (χ1) is 10.6. The number of carbonyl (C=O) groups excluding carboxylic acids is 1. The number of nitrogens with one attached hydrogen (secondary N) is 1. The Labute approximate surface area is 142 Å². The van der Waals surface area contributed by atoms with Gasteiger partial charge in [-0.25, -0.2) is 0 Å². The highest BCUT2D eigenvalue weighted by Crippen LogP contribution is 2.51. The number of hydrogen-bond acceptors (Lipinski definition) is 2. The minimum Gasteiger partial charge on any atom is -0.338 e. The van der Waals surface area contributed by atoms with Crippen LogP contribution in [0.3, 0.4) is 0 Å². The summed E-state index contributed by atoms with van der Waals surface area (Å²) in [6.07, 6.45) is 2.94. The van der Waals surface area contributed by atoms with Crippen LogP contribution in [0.2, 0.25) is 10.0 Å². The van der Waals surface area contributed by atoms with Crippen LogP contribution in [-0.2, 0) is 4.79 Å². The van der Waals surface area contributed by atoms with Crippen LogP contribution in [0.15, 0.2) is 18.2 Å². The lowest BCUT2D eigenvalue weighted by atomic mass is 10.1. The Hall–Kier alpha value is -0.770. The molecule has 3 atom stereocenters. The zero-order chi connectivity index (χ0) is 15.7. The summed E-state index contributed by atoms with van der Waals surface area (Å²) in [5.41, 5.74) is 1.02. The molecule has 0 radical (unpaired) electrons. The summed E-state index contributed by atoms with van der Waals surface area (Å²) in [7, 11) is 0. The smallest absolute Gasteiger partial charge is 0.226 e. The third-order valence-electron chi connectivity index (χ3n) is 4.71. The molecule has 22 heavy (non-hydrogen) atoms. The van der Waals surface area contributed by atoms with Crippen LogP contribution in [0.1, 0.15) is 37.7 Å². The van der Waals surface area contributed by atoms with Gasteiger partial charge >= 0.3 is 0 Å². The molecule has 1 aliphatic carbocycles. The Bertz CT molecular complexity index is 558. The molecule has 1 heterocycles. The zero-order valence-corrected chi connectivity index (χ0v) is 14.3. The van der Waals surface area contributed by atoms with Crippen LogP contribution < -0.4 is 5.32 Å². The Morgan fingerprint density at radius 3 is 2.91 bits per heavy atom. The molecule has 5 heteroatoms. The third kappa shape index (κ3) is 3.12. The first-order valence-corrected chi connectivity index (χ1v) is 8.84. The molecule has 120 valence electrons. The molecule has 1 N–H and O–H groups in total. The highest BCUT2D eigenvalue weighted by Gasteiger charge is 2.47. The lowest BCUT2D eigenvalue weighted by molar-refractivity contribution is -0.134. The maximum absolute atomic E-state index is 12.9. The van der Waals surface area contributed by atoms with E-state index in [2.05, 4.69) is 17.1 Å². The van der Waals surface area contributed by atoms with Crippen molar-refractivity contribution in [1.29, 1.82) is 0 Å². The molecule has 1 saturated heterocycles. The van der Waals surface area contributed by atoms with E-state index in [1.165, 1.54) is 0 Å². The van der Waals surface area contributed by atoms with Gasteiger partial charge in [0.2, 0.25) is 5.91 Å². The van der Waals surface area contributed by atoms with Crippen LogP contribution in [0.4, 0.5) is 0 Å². The summed E-state index contributed by atoms with van der Waals surface area (Å²) in [5, 5.41) is 4.53. The molecule has 0 spiro atoms. The molecule has 0 aromatic heterocycles. The second-order valence-electron chi connectivity index (χ2n) is 6.27. The number of nitrogens with zero attached hydrogens (tertiary/aromatic N) is 1. The van der Waals surface area contributed by atoms with Gasteiger partial charge in [0.15, 0.2) is 0 Å². The lowest BCUT2D eigenvalue weighted by Gasteiger charge is -2.28. The average molecular weight is 341 g/mol. The number of rotatable bonds is 5. The normalized spacial score (nSPS) is 27.0. The van der Waals surface area contributed by atoms with Gasteiger partial charge in [0.05, 0.1) is 10.0 Å². The van der Waals surface area contributed by atoms with Crippen molar-refractivity contribution in [1.82, 2.24) is 10.2 Å². The minimum atomic E-state index is 0.0723. The summed E-state index contributed by atoms with van der Waals surface area (Å²) in [5.74, 6) is 0.590. The number of halogens is 2. The largest absolute Gasteiger partial charge is 0.338 e. The molecule has 1 amide bonds. The van der Waals surface area contributed by atoms with Gasteiger partial charge in [0.1, 0.15) is 0 Å². The highest BCUT2D eigenvalue weighted by atomic mass is 35.5. The Kier molecular flexibility index (Phi) is 4.96. The van der Waals surface area contributed by atoms with Crippen molar-refractivity contribution in [2.75, 3.05) is 19.6 Å². The second kappa shape index (κ2) is 6.77. The van der Waals surface area contributed by atoms with Gasteiger partial charge in [-0.1, -0.05) is 42.3 Å². The van der Waals surface area contributed by atoms with Crippen molar-refractivity contribution in [3.63, 3.8) is 0 Å². The van der Waals surface area contributed by atoms with Crippen molar-refractivity contribution in [3.05, 3.63) is 33.8 Å². The minimum absolute atomic E-state index is 0.0723. The number of amides is 1. The maximum Gasteiger partial charge on any atom is 0.226 e. The average Bonchev–Trinajstić information content (AvgIpc) is 3.12. The molecular formula is C17H22Cl2N2O. The molecular weight excluding hydrogens is 319 g/mol. The van der Waals surface area contributed by atoms with E-state index in [4.69, 9.17) is 23.2 Å². The SMILES string of the molecule is CCCN(C(=O)C1CC1c1cccc(Cl)c1Cl)C1CCNC1. The van der Waals surface area contributed by atoms with Crippen LogP contribution in [0, 0.1) is 5.92 Å². The van der Waals surface area contributed by atoms with E-state index in [9.17, 15) is 4.79 Å². The molecule has 1 saturated carbocycles. The highest BCUT2D eigenvalue weighted by molar-refractivity contribution is 6.42. The Balaban J connectivity index is 1.71. The van der Waals surface area contributed by atoms with Gasteiger partial charge < -0.3 is 10.2 Å². The summed E-state index contributed by atoms with van der Waals surface area (Å²) < 4.78 is 0.